The summed E-state index contributed by atoms with van der Waals surface area (Å²) in [4.78, 5) is 62.3. The van der Waals surface area contributed by atoms with E-state index in [1.807, 2.05) is 13.8 Å². The van der Waals surface area contributed by atoms with Crippen LogP contribution in [0.25, 0.3) is 0 Å². The number of primary amides is 1. The zero-order valence-electron chi connectivity index (χ0n) is 34.5. The minimum absolute atomic E-state index is 0.0285. The summed E-state index contributed by atoms with van der Waals surface area (Å²) >= 11 is 0. The number of carbonyl (C=O) groups is 5. The van der Waals surface area contributed by atoms with E-state index in [4.69, 9.17) is 24.7 Å². The molecule has 1 saturated heterocycles. The molecule has 6 N–H and O–H groups in total. The summed E-state index contributed by atoms with van der Waals surface area (Å²) in [5.74, 6) is -2.31. The van der Waals surface area contributed by atoms with Crippen molar-refractivity contribution in [2.45, 2.75) is 115 Å². The van der Waals surface area contributed by atoms with E-state index >= 15 is 8.78 Å². The maximum Gasteiger partial charge on any atom is 0.411 e. The monoisotopic (exact) mass is 848 g/mol. The van der Waals surface area contributed by atoms with Gasteiger partial charge in [-0.2, -0.15) is 0 Å². The van der Waals surface area contributed by atoms with Gasteiger partial charge < -0.3 is 40.4 Å². The second-order valence-corrected chi connectivity index (χ2v) is 17.2. The summed E-state index contributed by atoms with van der Waals surface area (Å²) in [5, 5.41) is 19.8. The van der Waals surface area contributed by atoms with Gasteiger partial charge in [0.25, 0.3) is 0 Å². The van der Waals surface area contributed by atoms with E-state index < -0.39 is 88.9 Å². The molecular formula is C45H54F2N4O10. The quantitative estimate of drug-likeness (QED) is 0.125. The molecule has 4 fully saturated rings. The second-order valence-electron chi connectivity index (χ2n) is 17.2. The molecule has 1 aliphatic heterocycles. The Balaban J connectivity index is 0.951. The number of nitrogens with two attached hydrogens (primary N) is 1. The molecular weight excluding hydrogens is 795 g/mol. The molecule has 16 heteroatoms. The lowest BCUT2D eigenvalue weighted by atomic mass is 9.44. The van der Waals surface area contributed by atoms with Crippen molar-refractivity contribution in [1.82, 2.24) is 5.32 Å². The van der Waals surface area contributed by atoms with Crippen LogP contribution in [0.5, 0.6) is 5.75 Å². The Hall–Kier alpha value is -5.19. The fraction of sp³-hybridized carbons (Fsp3) is 0.533. The molecule has 3 saturated carbocycles. The minimum Gasteiger partial charge on any atom is -0.486 e. The van der Waals surface area contributed by atoms with Gasteiger partial charge in [-0.15, -0.1) is 0 Å². The van der Waals surface area contributed by atoms with Crippen molar-refractivity contribution in [3.8, 4) is 5.75 Å². The van der Waals surface area contributed by atoms with Crippen LogP contribution in [-0.4, -0.2) is 83.8 Å². The number of carbonyl (C=O) groups excluding carboxylic acids is 5. The molecule has 61 heavy (non-hydrogen) atoms. The molecule has 0 aromatic heterocycles. The number of allylic oxidation sites excluding steroid dienone is 4. The van der Waals surface area contributed by atoms with Gasteiger partial charge in [0.1, 0.15) is 25.1 Å². The van der Waals surface area contributed by atoms with Gasteiger partial charge in [-0.05, 0) is 111 Å². The number of Topliss-reactive ketones (excluding diaryl/α,β-unsaturated/α-hetero) is 1. The number of hydrogen-bond donors (Lipinski definition) is 5. The Bertz CT molecular complexity index is 2080. The van der Waals surface area contributed by atoms with Gasteiger partial charge in [0.05, 0.1) is 12.2 Å². The highest BCUT2D eigenvalue weighted by Gasteiger charge is 2.80. The lowest BCUT2D eigenvalue weighted by Crippen LogP contribution is -2.71. The number of ether oxygens (including phenoxy) is 4. The smallest absolute Gasteiger partial charge is 0.411 e. The second kappa shape index (κ2) is 17.3. The molecule has 5 aliphatic rings. The summed E-state index contributed by atoms with van der Waals surface area (Å²) in [7, 11) is 0. The number of rotatable bonds is 15. The average Bonchev–Trinajstić information content (AvgIpc) is 3.70. The number of benzene rings is 2. The van der Waals surface area contributed by atoms with Gasteiger partial charge in [-0.1, -0.05) is 38.5 Å². The van der Waals surface area contributed by atoms with E-state index in [0.717, 1.165) is 6.08 Å². The van der Waals surface area contributed by atoms with Crippen LogP contribution < -0.4 is 26.4 Å². The van der Waals surface area contributed by atoms with Crippen LogP contribution in [-0.2, 0) is 35.2 Å². The number of aliphatic hydroxyl groups excluding tert-OH is 1. The normalized spacial score (nSPS) is 33.3. The van der Waals surface area contributed by atoms with Gasteiger partial charge in [-0.25, -0.2) is 18.4 Å². The molecule has 4 amide bonds. The van der Waals surface area contributed by atoms with E-state index in [0.29, 0.717) is 54.9 Å². The SMILES string of the molecule is CCCC1O[C@@H]2CC3[C@@H]4C[C@H](F)C5=CC(=O)C=C[C@]5(C)[C@@]4(F)[C@@H](O)C[C@]3(C)[C@]2(C(=O)COc2ccc(NC(=O)OCc3ccc(NC(=O)CCCCNC(N)=O)cc3)cc2)O1. The average molecular weight is 849 g/mol. The minimum atomic E-state index is -2.31. The third kappa shape index (κ3) is 8.05. The fourth-order valence-electron chi connectivity index (χ4n) is 10.6. The number of unbranched alkanes of at least 4 members (excludes halogenated alkanes) is 1. The summed E-state index contributed by atoms with van der Waals surface area (Å²) in [5.41, 5.74) is 0.113. The first-order chi connectivity index (χ1) is 29.0. The Labute approximate surface area is 352 Å². The molecule has 7 rings (SSSR count). The standard InChI is InChI=1S/C45H54F2N4O10/c1-4-7-39-60-37-22-31-32-21-34(46)33-20-29(52)17-18-42(33,2)44(32,47)35(53)23-43(31,3)45(37,61-39)36(54)25-58-30-15-13-28(14-16-30)51-41(57)59-24-26-9-11-27(12-10-26)50-38(55)8-5-6-19-49-40(48)56/h9-18,20,31-32,34-35,37,39,53H,4-8,19,21-25H2,1-3H3,(H,50,55)(H,51,57)(H3,48,49,56)/t31?,32-,34-,35-,37+,39?,42-,43-,44-,45+/m0/s1. The first kappa shape index (κ1) is 43.9. The summed E-state index contributed by atoms with van der Waals surface area (Å²) in [6.07, 6.45) is 0.865. The molecule has 14 nitrogen and oxygen atoms in total. The molecule has 4 aliphatic carbocycles. The number of aliphatic hydroxyl groups is 1. The molecule has 0 radical (unpaired) electrons. The highest BCUT2D eigenvalue weighted by molar-refractivity contribution is 6.01. The van der Waals surface area contributed by atoms with Crippen molar-refractivity contribution in [3.63, 3.8) is 0 Å². The van der Waals surface area contributed by atoms with E-state index in [-0.39, 0.29) is 43.8 Å². The third-order valence-corrected chi connectivity index (χ3v) is 13.6. The molecule has 2 aromatic rings. The zero-order chi connectivity index (χ0) is 43.7. The Morgan fingerprint density at radius 2 is 1.69 bits per heavy atom. The van der Waals surface area contributed by atoms with Crippen LogP contribution in [0.3, 0.4) is 0 Å². The molecule has 0 spiro atoms. The lowest BCUT2D eigenvalue weighted by Gasteiger charge is -2.63. The topological polar surface area (TPSA) is 205 Å². The van der Waals surface area contributed by atoms with Crippen LogP contribution >= 0.6 is 0 Å². The van der Waals surface area contributed by atoms with E-state index in [1.165, 1.54) is 19.1 Å². The first-order valence-corrected chi connectivity index (χ1v) is 21.0. The van der Waals surface area contributed by atoms with E-state index in [1.54, 1.807) is 48.5 Å². The fourth-order valence-corrected chi connectivity index (χ4v) is 10.6. The largest absolute Gasteiger partial charge is 0.486 e. The Morgan fingerprint density at radius 3 is 2.39 bits per heavy atom. The number of nitrogens with one attached hydrogen (secondary N) is 3. The number of alkyl halides is 2. The highest BCUT2D eigenvalue weighted by Crippen LogP contribution is 2.72. The maximum absolute atomic E-state index is 17.8. The van der Waals surface area contributed by atoms with Crippen molar-refractivity contribution in [1.29, 1.82) is 0 Å². The number of hydrogen-bond acceptors (Lipinski definition) is 10. The Morgan fingerprint density at radius 1 is 0.984 bits per heavy atom. The molecule has 10 atom stereocenters. The number of anilines is 2. The molecule has 1 heterocycles. The van der Waals surface area contributed by atoms with Crippen molar-refractivity contribution >= 4 is 41.0 Å². The van der Waals surface area contributed by atoms with Crippen LogP contribution in [0.1, 0.15) is 77.7 Å². The number of ketones is 2. The highest BCUT2D eigenvalue weighted by atomic mass is 19.1. The lowest BCUT2D eigenvalue weighted by molar-refractivity contribution is -0.234. The number of halogens is 2. The predicted octanol–water partition coefficient (Wildman–Crippen LogP) is 6.37. The van der Waals surface area contributed by atoms with Gasteiger partial charge >= 0.3 is 12.1 Å². The van der Waals surface area contributed by atoms with E-state index in [2.05, 4.69) is 16.0 Å². The summed E-state index contributed by atoms with van der Waals surface area (Å²) in [6, 6.07) is 12.6. The summed E-state index contributed by atoms with van der Waals surface area (Å²) in [6.45, 7) is 5.25. The van der Waals surface area contributed by atoms with Crippen LogP contribution in [0, 0.1) is 22.7 Å². The van der Waals surface area contributed by atoms with Gasteiger partial charge in [0, 0.05) is 41.1 Å². The first-order valence-electron chi connectivity index (χ1n) is 21.0. The number of urea groups is 1. The molecule has 0 bridgehead atoms. The molecule has 2 aromatic carbocycles. The molecule has 328 valence electrons. The maximum atomic E-state index is 17.8. The zero-order valence-corrected chi connectivity index (χ0v) is 34.5. The third-order valence-electron chi connectivity index (χ3n) is 13.6. The van der Waals surface area contributed by atoms with Crippen molar-refractivity contribution < 1.29 is 56.8 Å². The summed E-state index contributed by atoms with van der Waals surface area (Å²) < 4.78 is 58.1. The number of fused-ring (bicyclic) bond motifs is 7. The van der Waals surface area contributed by atoms with Gasteiger partial charge in [-0.3, -0.25) is 19.7 Å². The van der Waals surface area contributed by atoms with Crippen molar-refractivity contribution in [2.75, 3.05) is 23.8 Å². The Kier molecular flexibility index (Phi) is 12.4. The number of amides is 4. The van der Waals surface area contributed by atoms with Gasteiger partial charge in [0.15, 0.2) is 23.3 Å². The predicted molar refractivity (Wildman–Crippen MR) is 219 cm³/mol. The van der Waals surface area contributed by atoms with E-state index in [9.17, 15) is 29.1 Å². The molecule has 2 unspecified atom stereocenters. The van der Waals surface area contributed by atoms with Gasteiger partial charge in [0.2, 0.25) is 11.7 Å². The van der Waals surface area contributed by atoms with Crippen LogP contribution in [0.2, 0.25) is 0 Å². The van der Waals surface area contributed by atoms with Crippen LogP contribution in [0.4, 0.5) is 29.7 Å². The van der Waals surface area contributed by atoms with Crippen LogP contribution in [0.15, 0.2) is 72.3 Å². The van der Waals surface area contributed by atoms with Crippen molar-refractivity contribution in [3.05, 3.63) is 77.9 Å². The van der Waals surface area contributed by atoms with Crippen molar-refractivity contribution in [2.24, 2.45) is 28.4 Å².